The number of nitrogens with zero attached hydrogens (tertiary/aromatic N) is 2. The number of hydrogen-bond acceptors (Lipinski definition) is 4. The van der Waals surface area contributed by atoms with Crippen LogP contribution >= 0.6 is 0 Å². The summed E-state index contributed by atoms with van der Waals surface area (Å²) in [4.78, 5) is 22.1. The number of carbonyl (C=O) groups excluding carboxylic acids is 1. The molecule has 0 saturated carbocycles. The summed E-state index contributed by atoms with van der Waals surface area (Å²) in [6.07, 6.45) is -2.87. The topological polar surface area (TPSA) is 83.7 Å². The quantitative estimate of drug-likeness (QED) is 0.635. The van der Waals surface area contributed by atoms with E-state index >= 15 is 0 Å². The molecule has 1 aromatic carbocycles. The number of nitro groups is 1. The Labute approximate surface area is 111 Å². The minimum absolute atomic E-state index is 0.425. The van der Waals surface area contributed by atoms with Crippen molar-refractivity contribution in [1.29, 1.82) is 0 Å². The van der Waals surface area contributed by atoms with E-state index in [0.717, 1.165) is 6.07 Å². The number of hydrogen-bond donors (Lipinski definition) is 1. The molecule has 0 spiro atoms. The first-order chi connectivity index (χ1) is 9.36. The lowest BCUT2D eigenvalue weighted by Gasteiger charge is -2.21. The van der Waals surface area contributed by atoms with Gasteiger partial charge in [0.25, 0.3) is 18.0 Å². The molecule has 0 radical (unpaired) electrons. The zero-order valence-electron chi connectivity index (χ0n) is 10.1. The molecule has 6 nitrogen and oxygen atoms in total. The van der Waals surface area contributed by atoms with Gasteiger partial charge in [0, 0.05) is 18.7 Å². The van der Waals surface area contributed by atoms with Gasteiger partial charge in [-0.15, -0.1) is 0 Å². The molecule has 0 atom stereocenters. The van der Waals surface area contributed by atoms with E-state index in [-0.39, 0.29) is 0 Å². The molecule has 0 aliphatic rings. The fourth-order valence-electron chi connectivity index (χ4n) is 1.52. The second-order valence-electron chi connectivity index (χ2n) is 3.79. The Bertz CT molecular complexity index is 510. The molecule has 1 aromatic rings. The number of amides is 1. The smallest absolute Gasteiger partial charge is 0.270 e. The molecule has 0 bridgehead atoms. The number of aliphatic hydroxyl groups is 1. The second-order valence-corrected chi connectivity index (χ2v) is 3.79. The largest absolute Gasteiger partial charge is 0.395 e. The molecule has 0 aliphatic carbocycles. The van der Waals surface area contributed by atoms with Gasteiger partial charge in [-0.05, 0) is 6.07 Å². The number of halogens is 3. The van der Waals surface area contributed by atoms with Crippen molar-refractivity contribution in [1.82, 2.24) is 4.90 Å². The van der Waals surface area contributed by atoms with Crippen LogP contribution in [0.15, 0.2) is 18.2 Å². The van der Waals surface area contributed by atoms with Crippen molar-refractivity contribution in [3.8, 4) is 0 Å². The number of aliphatic hydroxyl groups excluding tert-OH is 1. The van der Waals surface area contributed by atoms with E-state index in [1.807, 2.05) is 0 Å². The third-order valence-electron chi connectivity index (χ3n) is 2.41. The molecule has 0 unspecified atom stereocenters. The molecule has 0 aromatic heterocycles. The molecular weight excluding hydrogens is 281 g/mol. The molecule has 0 fully saturated rings. The van der Waals surface area contributed by atoms with Gasteiger partial charge in [0.1, 0.15) is 5.82 Å². The average Bonchev–Trinajstić information content (AvgIpc) is 2.37. The lowest BCUT2D eigenvalue weighted by Crippen LogP contribution is -2.37. The summed E-state index contributed by atoms with van der Waals surface area (Å²) >= 11 is 0. The van der Waals surface area contributed by atoms with Gasteiger partial charge in [-0.1, -0.05) is 0 Å². The van der Waals surface area contributed by atoms with Crippen molar-refractivity contribution in [2.75, 3.05) is 19.7 Å². The monoisotopic (exact) mass is 292 g/mol. The Morgan fingerprint density at radius 1 is 1.45 bits per heavy atom. The van der Waals surface area contributed by atoms with Gasteiger partial charge in [-0.3, -0.25) is 14.9 Å². The summed E-state index contributed by atoms with van der Waals surface area (Å²) < 4.78 is 38.1. The maximum Gasteiger partial charge on any atom is 0.270 e. The van der Waals surface area contributed by atoms with Gasteiger partial charge in [-0.25, -0.2) is 13.2 Å². The first-order valence-electron chi connectivity index (χ1n) is 5.49. The summed E-state index contributed by atoms with van der Waals surface area (Å²) in [6, 6.07) is 2.24. The molecule has 0 aliphatic heterocycles. The third kappa shape index (κ3) is 3.92. The van der Waals surface area contributed by atoms with Crippen LogP contribution in [0.2, 0.25) is 0 Å². The average molecular weight is 292 g/mol. The van der Waals surface area contributed by atoms with Crippen molar-refractivity contribution in [2.45, 2.75) is 6.43 Å². The van der Waals surface area contributed by atoms with Gasteiger partial charge in [0.15, 0.2) is 0 Å². The van der Waals surface area contributed by atoms with Crippen molar-refractivity contribution in [3.05, 3.63) is 39.7 Å². The summed E-state index contributed by atoms with van der Waals surface area (Å²) in [5.74, 6) is -2.20. The van der Waals surface area contributed by atoms with Crippen LogP contribution in [0.4, 0.5) is 18.9 Å². The van der Waals surface area contributed by atoms with E-state index in [1.165, 1.54) is 0 Å². The molecular formula is C11H11F3N2O4. The molecule has 9 heteroatoms. The van der Waals surface area contributed by atoms with Gasteiger partial charge in [0.2, 0.25) is 0 Å². The zero-order valence-corrected chi connectivity index (χ0v) is 10.1. The molecule has 1 rings (SSSR count). The van der Waals surface area contributed by atoms with Crippen LogP contribution < -0.4 is 0 Å². The number of non-ortho nitro benzene ring substituents is 1. The molecule has 20 heavy (non-hydrogen) atoms. The molecule has 1 amide bonds. The van der Waals surface area contributed by atoms with E-state index in [0.29, 0.717) is 17.0 Å². The normalized spacial score (nSPS) is 10.7. The predicted molar refractivity (Wildman–Crippen MR) is 62.0 cm³/mol. The van der Waals surface area contributed by atoms with Gasteiger partial charge >= 0.3 is 0 Å². The number of carbonyl (C=O) groups is 1. The first-order valence-corrected chi connectivity index (χ1v) is 5.49. The molecule has 0 saturated heterocycles. The second kappa shape index (κ2) is 6.85. The third-order valence-corrected chi connectivity index (χ3v) is 2.41. The Morgan fingerprint density at radius 3 is 2.60 bits per heavy atom. The Morgan fingerprint density at radius 2 is 2.10 bits per heavy atom. The van der Waals surface area contributed by atoms with Crippen LogP contribution in [-0.2, 0) is 0 Å². The zero-order chi connectivity index (χ0) is 15.3. The van der Waals surface area contributed by atoms with Crippen molar-refractivity contribution in [3.63, 3.8) is 0 Å². The van der Waals surface area contributed by atoms with Crippen LogP contribution in [-0.4, -0.2) is 47.0 Å². The Hall–Kier alpha value is -2.16. The first kappa shape index (κ1) is 15.9. The number of alkyl halides is 2. The number of nitro benzene ring substituents is 1. The lowest BCUT2D eigenvalue weighted by atomic mass is 10.1. The standard InChI is InChI=1S/C11H11F3N2O4/c12-9-2-1-7(16(19)20)5-8(9)11(18)15(3-4-17)6-10(13)14/h1-2,5,10,17H,3-4,6H2. The van der Waals surface area contributed by atoms with E-state index in [4.69, 9.17) is 5.11 Å². The van der Waals surface area contributed by atoms with Gasteiger partial charge in [0.05, 0.1) is 23.6 Å². The van der Waals surface area contributed by atoms with Crippen LogP contribution in [0.3, 0.4) is 0 Å². The SMILES string of the molecule is O=C(c1cc([N+](=O)[O-])ccc1F)N(CCO)CC(F)F. The molecule has 0 heterocycles. The molecule has 1 N–H and O–H groups in total. The highest BCUT2D eigenvalue weighted by Crippen LogP contribution is 2.18. The highest BCUT2D eigenvalue weighted by molar-refractivity contribution is 5.95. The summed E-state index contributed by atoms with van der Waals surface area (Å²) in [7, 11) is 0. The van der Waals surface area contributed by atoms with Crippen LogP contribution in [0.1, 0.15) is 10.4 Å². The van der Waals surface area contributed by atoms with E-state index in [1.54, 1.807) is 0 Å². The fraction of sp³-hybridized carbons (Fsp3) is 0.364. The summed E-state index contributed by atoms with van der Waals surface area (Å²) in [5.41, 5.74) is -1.22. The van der Waals surface area contributed by atoms with Crippen molar-refractivity contribution >= 4 is 11.6 Å². The maximum atomic E-state index is 13.5. The molecule has 110 valence electrons. The van der Waals surface area contributed by atoms with Gasteiger partial charge in [-0.2, -0.15) is 0 Å². The van der Waals surface area contributed by atoms with Crippen molar-refractivity contribution < 1.29 is 28.0 Å². The Kier molecular flexibility index (Phi) is 5.44. The number of rotatable bonds is 6. The van der Waals surface area contributed by atoms with Crippen LogP contribution in [0, 0.1) is 15.9 Å². The van der Waals surface area contributed by atoms with E-state index in [2.05, 4.69) is 0 Å². The summed E-state index contributed by atoms with van der Waals surface area (Å²) in [5, 5.41) is 19.3. The fourth-order valence-corrected chi connectivity index (χ4v) is 1.52. The van der Waals surface area contributed by atoms with Crippen LogP contribution in [0.5, 0.6) is 0 Å². The van der Waals surface area contributed by atoms with Crippen molar-refractivity contribution in [2.24, 2.45) is 0 Å². The number of benzene rings is 1. The van der Waals surface area contributed by atoms with Crippen LogP contribution in [0.25, 0.3) is 0 Å². The van der Waals surface area contributed by atoms with Gasteiger partial charge < -0.3 is 10.0 Å². The highest BCUT2D eigenvalue weighted by atomic mass is 19.3. The predicted octanol–water partition coefficient (Wildman–Crippen LogP) is 1.43. The van der Waals surface area contributed by atoms with E-state index in [9.17, 15) is 28.1 Å². The maximum absolute atomic E-state index is 13.5. The Balaban J connectivity index is 3.10. The van der Waals surface area contributed by atoms with E-state index < -0.39 is 54.0 Å². The lowest BCUT2D eigenvalue weighted by molar-refractivity contribution is -0.384. The summed E-state index contributed by atoms with van der Waals surface area (Å²) in [6.45, 7) is -2.01. The minimum Gasteiger partial charge on any atom is -0.395 e. The minimum atomic E-state index is -2.87. The highest BCUT2D eigenvalue weighted by Gasteiger charge is 2.24.